The Labute approximate surface area is 93.5 Å². The van der Waals surface area contributed by atoms with Gasteiger partial charge in [0.2, 0.25) is 0 Å². The van der Waals surface area contributed by atoms with Gasteiger partial charge in [0.1, 0.15) is 0 Å². The molecule has 1 aromatic rings. The van der Waals surface area contributed by atoms with E-state index in [1.807, 2.05) is 0 Å². The summed E-state index contributed by atoms with van der Waals surface area (Å²) in [6.45, 7) is 2.07. The number of alkyl halides is 2. The van der Waals surface area contributed by atoms with E-state index in [1.54, 1.807) is 0 Å². The van der Waals surface area contributed by atoms with Gasteiger partial charge in [0.05, 0.1) is 16.3 Å². The van der Waals surface area contributed by atoms with Crippen molar-refractivity contribution in [3.63, 3.8) is 0 Å². The predicted octanol–water partition coefficient (Wildman–Crippen LogP) is 4.41. The van der Waals surface area contributed by atoms with Crippen molar-refractivity contribution in [2.75, 3.05) is 0 Å². The maximum Gasteiger partial charge on any atom is 0.267 e. The van der Waals surface area contributed by atoms with Gasteiger partial charge in [-0.05, 0) is 18.9 Å². The lowest BCUT2D eigenvalue weighted by Gasteiger charge is -2.08. The van der Waals surface area contributed by atoms with Crippen molar-refractivity contribution in [2.24, 2.45) is 0 Å². The van der Waals surface area contributed by atoms with E-state index in [4.69, 9.17) is 11.6 Å². The molecule has 0 aromatic carbocycles. The van der Waals surface area contributed by atoms with Crippen LogP contribution in [0.4, 0.5) is 8.78 Å². The summed E-state index contributed by atoms with van der Waals surface area (Å²) in [5, 5.41) is 0.117. The largest absolute Gasteiger partial charge is 0.267 e. The Balaban J connectivity index is 2.81. The van der Waals surface area contributed by atoms with Gasteiger partial charge in [-0.25, -0.2) is 8.78 Å². The van der Waals surface area contributed by atoms with E-state index in [-0.39, 0.29) is 10.6 Å². The molecule has 0 spiro atoms. The van der Waals surface area contributed by atoms with Crippen molar-refractivity contribution in [2.45, 2.75) is 39.0 Å². The smallest absolute Gasteiger partial charge is 0.261 e. The number of aromatic nitrogens is 1. The van der Waals surface area contributed by atoms with E-state index >= 15 is 0 Å². The van der Waals surface area contributed by atoms with E-state index in [2.05, 4.69) is 11.9 Å². The summed E-state index contributed by atoms with van der Waals surface area (Å²) in [6.07, 6.45) is 2.48. The first-order chi connectivity index (χ1) is 7.16. The summed E-state index contributed by atoms with van der Waals surface area (Å²) in [4.78, 5) is 3.97. The highest BCUT2D eigenvalue weighted by atomic mass is 35.5. The lowest BCUT2D eigenvalue weighted by Crippen LogP contribution is -1.99. The fourth-order valence-electron chi connectivity index (χ4n) is 1.46. The molecule has 15 heavy (non-hydrogen) atoms. The molecule has 1 nitrogen and oxygen atoms in total. The number of hydrogen-bond donors (Lipinski definition) is 0. The second-order valence-electron chi connectivity index (χ2n) is 3.41. The van der Waals surface area contributed by atoms with Crippen molar-refractivity contribution >= 4 is 11.6 Å². The van der Waals surface area contributed by atoms with Gasteiger partial charge < -0.3 is 0 Å². The first-order valence-electron chi connectivity index (χ1n) is 5.08. The SMILES string of the molecule is CCCCCc1nccc(Cl)c1C(F)F. The van der Waals surface area contributed by atoms with Gasteiger partial charge in [0, 0.05) is 6.20 Å². The summed E-state index contributed by atoms with van der Waals surface area (Å²) in [7, 11) is 0. The second kappa shape index (κ2) is 6.01. The molecule has 0 unspecified atom stereocenters. The zero-order valence-electron chi connectivity index (χ0n) is 8.64. The second-order valence-corrected chi connectivity index (χ2v) is 3.82. The zero-order valence-corrected chi connectivity index (χ0v) is 9.40. The molecule has 0 saturated carbocycles. The van der Waals surface area contributed by atoms with E-state index in [1.165, 1.54) is 12.3 Å². The Hall–Kier alpha value is -0.700. The fraction of sp³-hybridized carbons (Fsp3) is 0.545. The molecule has 0 aliphatic carbocycles. The molecule has 1 heterocycles. The van der Waals surface area contributed by atoms with E-state index in [0.29, 0.717) is 12.1 Å². The average Bonchev–Trinajstić information content (AvgIpc) is 2.17. The Morgan fingerprint density at radius 1 is 1.40 bits per heavy atom. The third kappa shape index (κ3) is 3.42. The van der Waals surface area contributed by atoms with Crippen LogP contribution < -0.4 is 0 Å². The fourth-order valence-corrected chi connectivity index (χ4v) is 1.71. The van der Waals surface area contributed by atoms with Gasteiger partial charge in [0.25, 0.3) is 6.43 Å². The van der Waals surface area contributed by atoms with Crippen LogP contribution in [-0.4, -0.2) is 4.98 Å². The third-order valence-corrected chi connectivity index (χ3v) is 2.58. The maximum absolute atomic E-state index is 12.7. The first-order valence-corrected chi connectivity index (χ1v) is 5.46. The quantitative estimate of drug-likeness (QED) is 0.687. The molecule has 1 aromatic heterocycles. The van der Waals surface area contributed by atoms with Crippen molar-refractivity contribution in [3.05, 3.63) is 28.5 Å². The minimum atomic E-state index is -2.54. The van der Waals surface area contributed by atoms with Crippen LogP contribution in [-0.2, 0) is 6.42 Å². The van der Waals surface area contributed by atoms with E-state index in [9.17, 15) is 8.78 Å². The number of aryl methyl sites for hydroxylation is 1. The van der Waals surface area contributed by atoms with Crippen LogP contribution in [0.5, 0.6) is 0 Å². The summed E-state index contributed by atoms with van der Waals surface area (Å²) < 4.78 is 25.3. The predicted molar refractivity (Wildman–Crippen MR) is 57.4 cm³/mol. The van der Waals surface area contributed by atoms with Gasteiger partial charge in [-0.3, -0.25) is 4.98 Å². The Bertz CT molecular complexity index is 315. The highest BCUT2D eigenvalue weighted by molar-refractivity contribution is 6.31. The van der Waals surface area contributed by atoms with Gasteiger partial charge in [-0.15, -0.1) is 0 Å². The lowest BCUT2D eigenvalue weighted by atomic mass is 10.1. The molecule has 0 atom stereocenters. The molecule has 0 fully saturated rings. The molecular weight excluding hydrogens is 220 g/mol. The highest BCUT2D eigenvalue weighted by Crippen LogP contribution is 2.29. The third-order valence-electron chi connectivity index (χ3n) is 2.25. The Morgan fingerprint density at radius 2 is 2.13 bits per heavy atom. The zero-order chi connectivity index (χ0) is 11.3. The normalized spacial score (nSPS) is 11.0. The van der Waals surface area contributed by atoms with Crippen molar-refractivity contribution in [1.29, 1.82) is 0 Å². The van der Waals surface area contributed by atoms with Crippen molar-refractivity contribution in [1.82, 2.24) is 4.98 Å². The topological polar surface area (TPSA) is 12.9 Å². The standard InChI is InChI=1S/C11H14ClF2N/c1-2-3-4-5-9-10(11(13)14)8(12)6-7-15-9/h6-7,11H,2-5H2,1H3. The number of halogens is 3. The Kier molecular flexibility index (Phi) is 4.95. The number of nitrogens with zero attached hydrogens (tertiary/aromatic N) is 1. The molecule has 0 bridgehead atoms. The van der Waals surface area contributed by atoms with Crippen LogP contribution in [0.15, 0.2) is 12.3 Å². The van der Waals surface area contributed by atoms with Gasteiger partial charge in [0.15, 0.2) is 0 Å². The molecule has 0 amide bonds. The Morgan fingerprint density at radius 3 is 2.73 bits per heavy atom. The van der Waals surface area contributed by atoms with Gasteiger partial charge >= 0.3 is 0 Å². The minimum absolute atomic E-state index is 0.102. The molecule has 0 aliphatic rings. The van der Waals surface area contributed by atoms with Crippen LogP contribution in [0.2, 0.25) is 5.02 Å². The highest BCUT2D eigenvalue weighted by Gasteiger charge is 2.17. The van der Waals surface area contributed by atoms with Gasteiger partial charge in [-0.2, -0.15) is 0 Å². The monoisotopic (exact) mass is 233 g/mol. The number of unbranched alkanes of at least 4 members (excludes halogenated alkanes) is 2. The summed E-state index contributed by atoms with van der Waals surface area (Å²) in [6, 6.07) is 1.41. The molecule has 0 aliphatic heterocycles. The summed E-state index contributed by atoms with van der Waals surface area (Å²) >= 11 is 5.72. The van der Waals surface area contributed by atoms with E-state index in [0.717, 1.165) is 19.3 Å². The van der Waals surface area contributed by atoms with Crippen molar-refractivity contribution in [3.8, 4) is 0 Å². The van der Waals surface area contributed by atoms with Crippen LogP contribution in [0.1, 0.15) is 43.9 Å². The molecule has 84 valence electrons. The molecule has 0 N–H and O–H groups in total. The average molecular weight is 234 g/mol. The molecule has 0 radical (unpaired) electrons. The molecular formula is C11H14ClF2N. The van der Waals surface area contributed by atoms with Crippen LogP contribution in [0.3, 0.4) is 0 Å². The first kappa shape index (κ1) is 12.4. The van der Waals surface area contributed by atoms with E-state index < -0.39 is 6.43 Å². The van der Waals surface area contributed by atoms with Crippen molar-refractivity contribution < 1.29 is 8.78 Å². The summed E-state index contributed by atoms with van der Waals surface area (Å²) in [5.74, 6) is 0. The van der Waals surface area contributed by atoms with Crippen LogP contribution >= 0.6 is 11.6 Å². The number of rotatable bonds is 5. The number of hydrogen-bond acceptors (Lipinski definition) is 1. The number of pyridine rings is 1. The molecule has 1 rings (SSSR count). The van der Waals surface area contributed by atoms with Crippen LogP contribution in [0.25, 0.3) is 0 Å². The van der Waals surface area contributed by atoms with Gasteiger partial charge in [-0.1, -0.05) is 31.4 Å². The molecule has 0 saturated heterocycles. The molecule has 4 heteroatoms. The summed E-state index contributed by atoms with van der Waals surface area (Å²) in [5.41, 5.74) is 0.334. The maximum atomic E-state index is 12.7. The minimum Gasteiger partial charge on any atom is -0.261 e. The lowest BCUT2D eigenvalue weighted by molar-refractivity contribution is 0.149. The van der Waals surface area contributed by atoms with Crippen LogP contribution in [0, 0.1) is 0 Å².